The van der Waals surface area contributed by atoms with Gasteiger partial charge >= 0.3 is 0 Å². The van der Waals surface area contributed by atoms with Gasteiger partial charge in [-0.05, 0) is 60.4 Å². The number of ether oxygens (including phenoxy) is 3. The molecule has 0 saturated carbocycles. The first-order valence-electron chi connectivity index (χ1n) is 11.1. The van der Waals surface area contributed by atoms with Crippen LogP contribution in [0.25, 0.3) is 0 Å². The predicted molar refractivity (Wildman–Crippen MR) is 133 cm³/mol. The van der Waals surface area contributed by atoms with Gasteiger partial charge in [-0.1, -0.05) is 48.5 Å². The van der Waals surface area contributed by atoms with Crippen LogP contribution < -0.4 is 9.47 Å². The van der Waals surface area contributed by atoms with Crippen molar-refractivity contribution in [2.45, 2.75) is 31.3 Å². The summed E-state index contributed by atoms with van der Waals surface area (Å²) in [6.07, 6.45) is -0.117. The number of hydrogen-bond donors (Lipinski definition) is 1. The van der Waals surface area contributed by atoms with Gasteiger partial charge in [-0.3, -0.25) is 0 Å². The van der Waals surface area contributed by atoms with Crippen molar-refractivity contribution in [2.75, 3.05) is 26.6 Å². The van der Waals surface area contributed by atoms with Crippen molar-refractivity contribution in [3.05, 3.63) is 95.1 Å². The molecule has 7 heteroatoms. The Morgan fingerprint density at radius 3 is 1.53 bits per heavy atom. The van der Waals surface area contributed by atoms with Gasteiger partial charge in [0.05, 0.1) is 38.4 Å². The van der Waals surface area contributed by atoms with E-state index in [1.165, 1.54) is 0 Å². The molecule has 0 saturated heterocycles. The van der Waals surface area contributed by atoms with E-state index >= 15 is 0 Å². The topological polar surface area (TPSA) is 82.1 Å². The molecule has 1 N–H and O–H groups in total. The first-order valence-corrected chi connectivity index (χ1v) is 12.9. The molecule has 0 radical (unpaired) electrons. The quantitative estimate of drug-likeness (QED) is 0.408. The van der Waals surface area contributed by atoms with Crippen LogP contribution in [0, 0.1) is 0 Å². The van der Waals surface area contributed by atoms with Crippen molar-refractivity contribution in [1.29, 1.82) is 0 Å². The summed E-state index contributed by atoms with van der Waals surface area (Å²) < 4.78 is 41.8. The summed E-state index contributed by atoms with van der Waals surface area (Å²) in [6.45, 7) is 3.58. The molecule has 0 atom stereocenters. The number of aliphatic hydroxyl groups excluding tert-OH is 1. The molecule has 0 amide bonds. The fourth-order valence-corrected chi connectivity index (χ4v) is 5.13. The number of methoxy groups -OCH3 is 2. The van der Waals surface area contributed by atoms with Crippen LogP contribution in [0.5, 0.6) is 11.5 Å². The van der Waals surface area contributed by atoms with Crippen molar-refractivity contribution >= 4 is 9.84 Å². The predicted octanol–water partition coefficient (Wildman–Crippen LogP) is 4.33. The zero-order valence-electron chi connectivity index (χ0n) is 20.0. The van der Waals surface area contributed by atoms with Gasteiger partial charge in [0, 0.05) is 0 Å². The van der Waals surface area contributed by atoms with Gasteiger partial charge in [-0.25, -0.2) is 8.42 Å². The van der Waals surface area contributed by atoms with E-state index in [2.05, 4.69) is 0 Å². The first kappa shape index (κ1) is 25.7. The maximum atomic E-state index is 12.2. The summed E-state index contributed by atoms with van der Waals surface area (Å²) >= 11 is 0. The Morgan fingerprint density at radius 1 is 0.765 bits per heavy atom. The molecule has 6 nitrogen and oxygen atoms in total. The van der Waals surface area contributed by atoms with Crippen molar-refractivity contribution in [3.8, 4) is 11.5 Å². The minimum atomic E-state index is -3.38. The molecule has 3 aromatic carbocycles. The lowest BCUT2D eigenvalue weighted by molar-refractivity contribution is -0.0293. The maximum absolute atomic E-state index is 12.2. The molecule has 34 heavy (non-hydrogen) atoms. The summed E-state index contributed by atoms with van der Waals surface area (Å²) in [5.41, 5.74) is 2.38. The van der Waals surface area contributed by atoms with E-state index < -0.39 is 15.4 Å². The second-order valence-corrected chi connectivity index (χ2v) is 10.5. The van der Waals surface area contributed by atoms with Crippen molar-refractivity contribution in [1.82, 2.24) is 0 Å². The van der Waals surface area contributed by atoms with Gasteiger partial charge in [-0.2, -0.15) is 0 Å². The number of hydrogen-bond acceptors (Lipinski definition) is 6. The largest absolute Gasteiger partial charge is 0.497 e. The molecule has 3 rings (SSSR count). The monoisotopic (exact) mass is 484 g/mol. The Morgan fingerprint density at radius 2 is 1.18 bits per heavy atom. The summed E-state index contributed by atoms with van der Waals surface area (Å²) in [5.74, 6) is 1.09. The standard InChI is InChI=1S/C27H32O6S/c1-20(2)33-27(23-9-13-25(31-3)14-10-23,24-11-15-26(32-4)16-12-24)22-7-5-21(6-8-22)19-34(29,30)18-17-28/h5-16,20,28H,17-19H2,1-4H3. The Bertz CT molecular complexity index is 1100. The van der Waals surface area contributed by atoms with Crippen LogP contribution in [0.15, 0.2) is 72.8 Å². The minimum absolute atomic E-state index is 0.117. The van der Waals surface area contributed by atoms with Gasteiger partial charge in [-0.15, -0.1) is 0 Å². The molecular formula is C27H32O6S. The van der Waals surface area contributed by atoms with Gasteiger partial charge in [0.1, 0.15) is 17.1 Å². The van der Waals surface area contributed by atoms with Gasteiger partial charge < -0.3 is 19.3 Å². The number of aliphatic hydroxyl groups is 1. The third-order valence-electron chi connectivity index (χ3n) is 5.55. The van der Waals surface area contributed by atoms with Crippen molar-refractivity contribution in [3.63, 3.8) is 0 Å². The fraction of sp³-hybridized carbons (Fsp3) is 0.333. The molecule has 0 unspecified atom stereocenters. The zero-order valence-corrected chi connectivity index (χ0v) is 20.8. The Balaban J connectivity index is 2.17. The van der Waals surface area contributed by atoms with Crippen LogP contribution in [-0.2, 0) is 25.9 Å². The van der Waals surface area contributed by atoms with Crippen LogP contribution in [0.2, 0.25) is 0 Å². The lowest BCUT2D eigenvalue weighted by atomic mass is 9.79. The molecule has 0 heterocycles. The molecule has 0 aromatic heterocycles. The number of rotatable bonds is 11. The molecule has 0 aliphatic rings. The third-order valence-corrected chi connectivity index (χ3v) is 7.13. The molecule has 0 spiro atoms. The maximum Gasteiger partial charge on any atom is 0.156 e. The van der Waals surface area contributed by atoms with Crippen LogP contribution in [-0.4, -0.2) is 46.2 Å². The van der Waals surface area contributed by atoms with Gasteiger partial charge in [0.2, 0.25) is 0 Å². The van der Waals surface area contributed by atoms with Gasteiger partial charge in [0.15, 0.2) is 9.84 Å². The fourth-order valence-electron chi connectivity index (χ4n) is 4.01. The highest BCUT2D eigenvalue weighted by atomic mass is 32.2. The molecule has 0 aliphatic carbocycles. The average Bonchev–Trinajstić information content (AvgIpc) is 2.83. The van der Waals surface area contributed by atoms with E-state index in [1.807, 2.05) is 74.5 Å². The molecule has 3 aromatic rings. The van der Waals surface area contributed by atoms with E-state index in [0.717, 1.165) is 28.2 Å². The van der Waals surface area contributed by atoms with Crippen LogP contribution in [0.3, 0.4) is 0 Å². The molecule has 0 fully saturated rings. The minimum Gasteiger partial charge on any atom is -0.497 e. The normalized spacial score (nSPS) is 12.1. The summed E-state index contributed by atoms with van der Waals surface area (Å²) in [6, 6.07) is 22.9. The first-order chi connectivity index (χ1) is 16.2. The van der Waals surface area contributed by atoms with Crippen molar-refractivity contribution < 1.29 is 27.7 Å². The van der Waals surface area contributed by atoms with E-state index in [-0.39, 0.29) is 24.2 Å². The molecule has 182 valence electrons. The second kappa shape index (κ2) is 11.0. The highest BCUT2D eigenvalue weighted by molar-refractivity contribution is 7.90. The Kier molecular flexibility index (Phi) is 8.36. The molecule has 0 bridgehead atoms. The lowest BCUT2D eigenvalue weighted by Gasteiger charge is -2.37. The number of sulfone groups is 1. The summed E-state index contributed by atoms with van der Waals surface area (Å²) in [5, 5.41) is 9.03. The highest BCUT2D eigenvalue weighted by Crippen LogP contribution is 2.42. The highest BCUT2D eigenvalue weighted by Gasteiger charge is 2.38. The summed E-state index contributed by atoms with van der Waals surface area (Å²) in [7, 11) is -0.131. The third kappa shape index (κ3) is 5.78. The summed E-state index contributed by atoms with van der Waals surface area (Å²) in [4.78, 5) is 0. The van der Waals surface area contributed by atoms with Crippen LogP contribution in [0.4, 0.5) is 0 Å². The lowest BCUT2D eigenvalue weighted by Crippen LogP contribution is -2.35. The molecule has 0 aliphatic heterocycles. The molecular weight excluding hydrogens is 452 g/mol. The van der Waals surface area contributed by atoms with Crippen LogP contribution >= 0.6 is 0 Å². The smallest absolute Gasteiger partial charge is 0.156 e. The van der Waals surface area contributed by atoms with Crippen molar-refractivity contribution in [2.24, 2.45) is 0 Å². The Hall–Kier alpha value is -2.87. The second-order valence-electron chi connectivity index (χ2n) is 8.32. The van der Waals surface area contributed by atoms with E-state index in [0.29, 0.717) is 5.56 Å². The van der Waals surface area contributed by atoms with E-state index in [1.54, 1.807) is 26.4 Å². The Labute approximate surface area is 202 Å². The number of benzene rings is 3. The van der Waals surface area contributed by atoms with E-state index in [4.69, 9.17) is 19.3 Å². The zero-order chi connectivity index (χ0) is 24.8. The SMILES string of the molecule is COc1ccc(C(OC(C)C)(c2ccc(CS(=O)(=O)CCO)cc2)c2ccc(OC)cc2)cc1. The van der Waals surface area contributed by atoms with Gasteiger partial charge in [0.25, 0.3) is 0 Å². The van der Waals surface area contributed by atoms with E-state index in [9.17, 15) is 8.42 Å². The van der Waals surface area contributed by atoms with Crippen LogP contribution in [0.1, 0.15) is 36.1 Å². The average molecular weight is 485 g/mol.